The highest BCUT2D eigenvalue weighted by Gasteiger charge is 2.21. The third-order valence-corrected chi connectivity index (χ3v) is 5.13. The Hall–Kier alpha value is -1.91. The molecule has 1 fully saturated rings. The summed E-state index contributed by atoms with van der Waals surface area (Å²) in [5, 5.41) is 4.37. The van der Waals surface area contributed by atoms with Gasteiger partial charge < -0.3 is 15.1 Å². The number of carbonyl (C=O) groups is 1. The third-order valence-electron chi connectivity index (χ3n) is 4.58. The monoisotopic (exact) mass is 391 g/mol. The van der Waals surface area contributed by atoms with Crippen LogP contribution in [0.4, 0.5) is 11.4 Å². The van der Waals surface area contributed by atoms with E-state index in [4.69, 9.17) is 23.2 Å². The van der Waals surface area contributed by atoms with Gasteiger partial charge in [0.2, 0.25) is 5.91 Å². The molecule has 0 atom stereocenters. The predicted octanol–water partition coefficient (Wildman–Crippen LogP) is 4.45. The number of halogens is 2. The van der Waals surface area contributed by atoms with Gasteiger partial charge in [-0.1, -0.05) is 35.3 Å². The van der Waals surface area contributed by atoms with Crippen molar-refractivity contribution < 1.29 is 4.79 Å². The summed E-state index contributed by atoms with van der Waals surface area (Å²) in [6.07, 6.45) is 0.448. The molecule has 2 aromatic rings. The van der Waals surface area contributed by atoms with E-state index in [2.05, 4.69) is 41.4 Å². The van der Waals surface area contributed by atoms with Gasteiger partial charge in [-0.3, -0.25) is 4.79 Å². The first-order chi connectivity index (χ1) is 12.5. The molecule has 1 heterocycles. The van der Waals surface area contributed by atoms with Gasteiger partial charge in [0.15, 0.2) is 0 Å². The first-order valence-corrected chi connectivity index (χ1v) is 9.57. The van der Waals surface area contributed by atoms with Gasteiger partial charge >= 0.3 is 0 Å². The molecule has 0 aromatic heterocycles. The Balaban J connectivity index is 1.45. The van der Waals surface area contributed by atoms with E-state index in [1.165, 1.54) is 11.3 Å². The van der Waals surface area contributed by atoms with E-state index in [0.29, 0.717) is 23.0 Å². The van der Waals surface area contributed by atoms with Crippen molar-refractivity contribution in [3.8, 4) is 0 Å². The van der Waals surface area contributed by atoms with Gasteiger partial charge in [0.05, 0.1) is 10.7 Å². The number of nitrogens with zero attached hydrogens (tertiary/aromatic N) is 2. The maximum atomic E-state index is 12.4. The minimum absolute atomic E-state index is 0.173. The van der Waals surface area contributed by atoms with Gasteiger partial charge in [-0.2, -0.15) is 0 Å². The van der Waals surface area contributed by atoms with E-state index in [9.17, 15) is 4.79 Å². The number of aryl methyl sites for hydroxylation is 1. The van der Waals surface area contributed by atoms with Crippen LogP contribution in [0.15, 0.2) is 42.5 Å². The fourth-order valence-corrected chi connectivity index (χ4v) is 3.61. The summed E-state index contributed by atoms with van der Waals surface area (Å²) >= 11 is 12.0. The molecule has 0 spiro atoms. The van der Waals surface area contributed by atoms with Crippen LogP contribution in [0.1, 0.15) is 12.0 Å². The van der Waals surface area contributed by atoms with Gasteiger partial charge in [0, 0.05) is 49.9 Å². The topological polar surface area (TPSA) is 35.6 Å². The molecule has 0 radical (unpaired) electrons. The van der Waals surface area contributed by atoms with Crippen LogP contribution in [-0.4, -0.2) is 43.5 Å². The predicted molar refractivity (Wildman–Crippen MR) is 110 cm³/mol. The van der Waals surface area contributed by atoms with Crippen LogP contribution < -0.4 is 10.2 Å². The van der Waals surface area contributed by atoms with Crippen LogP contribution >= 0.6 is 23.2 Å². The first-order valence-electron chi connectivity index (χ1n) is 8.81. The van der Waals surface area contributed by atoms with E-state index in [-0.39, 0.29) is 5.91 Å². The number of hydrogen-bond acceptors (Lipinski definition) is 3. The van der Waals surface area contributed by atoms with Crippen molar-refractivity contribution in [1.82, 2.24) is 4.90 Å². The first kappa shape index (κ1) is 18.9. The molecule has 26 heavy (non-hydrogen) atoms. The molecule has 3 rings (SSSR count). The molecular formula is C20H23Cl2N3O. The average Bonchev–Trinajstić information content (AvgIpc) is 2.63. The lowest BCUT2D eigenvalue weighted by atomic mass is 10.2. The second kappa shape index (κ2) is 8.65. The van der Waals surface area contributed by atoms with Crippen molar-refractivity contribution in [2.24, 2.45) is 0 Å². The number of anilines is 2. The van der Waals surface area contributed by atoms with E-state index in [1.54, 1.807) is 12.1 Å². The van der Waals surface area contributed by atoms with Crippen LogP contribution in [-0.2, 0) is 4.79 Å². The molecule has 0 saturated carbocycles. The van der Waals surface area contributed by atoms with Gasteiger partial charge in [-0.05, 0) is 42.8 Å². The normalized spacial score (nSPS) is 14.4. The number of carbonyl (C=O) groups excluding carboxylic acids is 1. The minimum atomic E-state index is 0.173. The summed E-state index contributed by atoms with van der Waals surface area (Å²) in [5.74, 6) is 0.173. The molecule has 1 amide bonds. The Morgan fingerprint density at radius 2 is 1.85 bits per heavy atom. The number of benzene rings is 2. The maximum Gasteiger partial charge on any atom is 0.224 e. The molecule has 0 bridgehead atoms. The van der Waals surface area contributed by atoms with Crippen LogP contribution in [0, 0.1) is 6.92 Å². The van der Waals surface area contributed by atoms with Crippen molar-refractivity contribution >= 4 is 40.5 Å². The number of nitrogens with one attached hydrogen (secondary N) is 1. The second-order valence-corrected chi connectivity index (χ2v) is 7.35. The zero-order valence-corrected chi connectivity index (χ0v) is 16.4. The second-order valence-electron chi connectivity index (χ2n) is 6.51. The fourth-order valence-electron chi connectivity index (χ4n) is 3.13. The summed E-state index contributed by atoms with van der Waals surface area (Å²) in [6, 6.07) is 13.8. The van der Waals surface area contributed by atoms with Gasteiger partial charge in [-0.15, -0.1) is 0 Å². The molecule has 1 aliphatic rings. The zero-order chi connectivity index (χ0) is 18.5. The number of hydrogen-bond donors (Lipinski definition) is 1. The molecule has 1 saturated heterocycles. The van der Waals surface area contributed by atoms with Crippen LogP contribution in [0.3, 0.4) is 0 Å². The van der Waals surface area contributed by atoms with Crippen LogP contribution in [0.25, 0.3) is 0 Å². The highest BCUT2D eigenvalue weighted by molar-refractivity contribution is 6.36. The Bertz CT molecular complexity index is 773. The van der Waals surface area contributed by atoms with E-state index in [0.717, 1.165) is 31.9 Å². The van der Waals surface area contributed by atoms with Crippen molar-refractivity contribution in [3.05, 3.63) is 58.1 Å². The highest BCUT2D eigenvalue weighted by atomic mass is 35.5. The van der Waals surface area contributed by atoms with Crippen LogP contribution in [0.2, 0.25) is 10.0 Å². The molecule has 0 unspecified atom stereocenters. The Morgan fingerprint density at radius 3 is 2.54 bits per heavy atom. The zero-order valence-electron chi connectivity index (χ0n) is 14.8. The lowest BCUT2D eigenvalue weighted by Gasteiger charge is -2.36. The van der Waals surface area contributed by atoms with Gasteiger partial charge in [0.25, 0.3) is 0 Å². The molecular weight excluding hydrogens is 369 g/mol. The molecule has 6 heteroatoms. The lowest BCUT2D eigenvalue weighted by Crippen LogP contribution is -2.49. The van der Waals surface area contributed by atoms with Crippen molar-refractivity contribution in [2.45, 2.75) is 13.3 Å². The summed E-state index contributed by atoms with van der Waals surface area (Å²) in [4.78, 5) is 16.7. The summed E-state index contributed by atoms with van der Waals surface area (Å²) in [6.45, 7) is 5.90. The molecule has 4 nitrogen and oxygen atoms in total. The standard InChI is InChI=1S/C20H23Cl2N3O/c1-15-3-2-4-17(13-15)24-9-11-25(12-10-24)20(26)7-8-23-19-6-5-16(21)14-18(19)22/h2-6,13-14,23H,7-12H2,1H3. The number of amides is 1. The maximum absolute atomic E-state index is 12.4. The summed E-state index contributed by atoms with van der Waals surface area (Å²) in [7, 11) is 0. The third kappa shape index (κ3) is 4.83. The molecule has 138 valence electrons. The average molecular weight is 392 g/mol. The summed E-state index contributed by atoms with van der Waals surface area (Å²) in [5.41, 5.74) is 3.29. The smallest absolute Gasteiger partial charge is 0.224 e. The fraction of sp³-hybridized carbons (Fsp3) is 0.350. The summed E-state index contributed by atoms with van der Waals surface area (Å²) < 4.78 is 0. The SMILES string of the molecule is Cc1cccc(N2CCN(C(=O)CCNc3ccc(Cl)cc3Cl)CC2)c1. The lowest BCUT2D eigenvalue weighted by molar-refractivity contribution is -0.131. The molecule has 1 aliphatic heterocycles. The molecule has 0 aliphatic carbocycles. The quantitative estimate of drug-likeness (QED) is 0.817. The van der Waals surface area contributed by atoms with Crippen LogP contribution in [0.5, 0.6) is 0 Å². The van der Waals surface area contributed by atoms with E-state index >= 15 is 0 Å². The highest BCUT2D eigenvalue weighted by Crippen LogP contribution is 2.25. The van der Waals surface area contributed by atoms with Gasteiger partial charge in [-0.25, -0.2) is 0 Å². The Morgan fingerprint density at radius 1 is 1.08 bits per heavy atom. The van der Waals surface area contributed by atoms with Crippen molar-refractivity contribution in [2.75, 3.05) is 42.9 Å². The largest absolute Gasteiger partial charge is 0.383 e. The van der Waals surface area contributed by atoms with Crippen molar-refractivity contribution in [3.63, 3.8) is 0 Å². The van der Waals surface area contributed by atoms with E-state index < -0.39 is 0 Å². The Labute approximate surface area is 164 Å². The minimum Gasteiger partial charge on any atom is -0.383 e. The molecule has 1 N–H and O–H groups in total. The Kier molecular flexibility index (Phi) is 6.28. The number of piperazine rings is 1. The van der Waals surface area contributed by atoms with Gasteiger partial charge in [0.1, 0.15) is 0 Å². The number of rotatable bonds is 5. The van der Waals surface area contributed by atoms with E-state index in [1.807, 2.05) is 11.0 Å². The molecule has 2 aromatic carbocycles. The van der Waals surface area contributed by atoms with Crippen molar-refractivity contribution in [1.29, 1.82) is 0 Å².